The van der Waals surface area contributed by atoms with Crippen molar-refractivity contribution in [2.24, 2.45) is 0 Å². The van der Waals surface area contributed by atoms with Gasteiger partial charge in [0.25, 0.3) is 0 Å². The van der Waals surface area contributed by atoms with Crippen LogP contribution in [0.5, 0.6) is 0 Å². The fraction of sp³-hybridized carbons (Fsp3) is 0.143. The number of hydrogen-bond donors (Lipinski definition) is 2. The first-order chi connectivity index (χ1) is 8.40. The highest BCUT2D eigenvalue weighted by atomic mass is 16.4. The molecule has 0 aliphatic carbocycles. The Morgan fingerprint density at radius 3 is 1.39 bits per heavy atom. The van der Waals surface area contributed by atoms with Crippen LogP contribution in [0.25, 0.3) is 10.8 Å². The Labute approximate surface area is 103 Å². The third-order valence-corrected chi connectivity index (χ3v) is 3.05. The zero-order valence-corrected chi connectivity index (χ0v) is 10.0. The van der Waals surface area contributed by atoms with Gasteiger partial charge in [0.2, 0.25) is 0 Å². The first kappa shape index (κ1) is 12.1. The summed E-state index contributed by atoms with van der Waals surface area (Å²) in [6.07, 6.45) is 0. The van der Waals surface area contributed by atoms with E-state index in [0.717, 1.165) is 21.9 Å². The number of carbonyl (C=O) groups is 2. The van der Waals surface area contributed by atoms with E-state index >= 15 is 0 Å². The molecule has 0 saturated heterocycles. The molecule has 0 radical (unpaired) electrons. The van der Waals surface area contributed by atoms with E-state index in [0.29, 0.717) is 0 Å². The van der Waals surface area contributed by atoms with Crippen LogP contribution in [-0.2, 0) is 0 Å². The summed E-state index contributed by atoms with van der Waals surface area (Å²) < 4.78 is 0. The van der Waals surface area contributed by atoms with Gasteiger partial charge in [0.15, 0.2) is 0 Å². The largest absolute Gasteiger partial charge is 0.478 e. The maximum Gasteiger partial charge on any atom is 0.336 e. The molecule has 2 aromatic rings. The summed E-state index contributed by atoms with van der Waals surface area (Å²) in [5.41, 5.74) is 1.72. The average molecular weight is 244 g/mol. The SMILES string of the molecule is Cc1cc2cc(C(=O)O)c(C(=O)O)cc2cc1C. The quantitative estimate of drug-likeness (QED) is 0.851. The number of fused-ring (bicyclic) bond motifs is 1. The van der Waals surface area contributed by atoms with Crippen LogP contribution in [0.1, 0.15) is 31.8 Å². The summed E-state index contributed by atoms with van der Waals surface area (Å²) in [7, 11) is 0. The average Bonchev–Trinajstić information content (AvgIpc) is 2.28. The van der Waals surface area contributed by atoms with Crippen LogP contribution in [-0.4, -0.2) is 22.2 Å². The molecule has 92 valence electrons. The maximum atomic E-state index is 11.1. The Morgan fingerprint density at radius 1 is 0.778 bits per heavy atom. The van der Waals surface area contributed by atoms with Crippen LogP contribution in [0.2, 0.25) is 0 Å². The third kappa shape index (κ3) is 1.93. The van der Waals surface area contributed by atoms with E-state index in [4.69, 9.17) is 10.2 Å². The predicted octanol–water partition coefficient (Wildman–Crippen LogP) is 2.85. The highest BCUT2D eigenvalue weighted by Gasteiger charge is 2.17. The maximum absolute atomic E-state index is 11.1. The second-order valence-corrected chi connectivity index (χ2v) is 4.29. The van der Waals surface area contributed by atoms with Gasteiger partial charge in [-0.1, -0.05) is 12.1 Å². The highest BCUT2D eigenvalue weighted by molar-refractivity contribution is 6.06. The molecule has 2 aromatic carbocycles. The molecule has 2 rings (SSSR count). The molecule has 0 aliphatic rings. The van der Waals surface area contributed by atoms with Crippen LogP contribution < -0.4 is 0 Å². The molecule has 4 heteroatoms. The summed E-state index contributed by atoms with van der Waals surface area (Å²) in [5, 5.41) is 19.5. The zero-order chi connectivity index (χ0) is 13.4. The lowest BCUT2D eigenvalue weighted by atomic mass is 9.97. The summed E-state index contributed by atoms with van der Waals surface area (Å²) in [5.74, 6) is -2.46. The number of carboxylic acid groups (broad SMARTS) is 2. The minimum Gasteiger partial charge on any atom is -0.478 e. The van der Waals surface area contributed by atoms with E-state index in [1.807, 2.05) is 26.0 Å². The number of aryl methyl sites for hydroxylation is 2. The molecule has 0 aromatic heterocycles. The first-order valence-corrected chi connectivity index (χ1v) is 5.41. The van der Waals surface area contributed by atoms with E-state index in [9.17, 15) is 9.59 Å². The molecule has 0 bridgehead atoms. The van der Waals surface area contributed by atoms with Crippen molar-refractivity contribution in [3.63, 3.8) is 0 Å². The van der Waals surface area contributed by atoms with Crippen molar-refractivity contribution in [2.45, 2.75) is 13.8 Å². The Balaban J connectivity index is 2.84. The molecule has 0 amide bonds. The molecule has 0 aliphatic heterocycles. The normalized spacial score (nSPS) is 10.6. The van der Waals surface area contributed by atoms with Crippen molar-refractivity contribution in [1.82, 2.24) is 0 Å². The molecule has 0 saturated carbocycles. The Morgan fingerprint density at radius 2 is 1.11 bits per heavy atom. The number of hydrogen-bond acceptors (Lipinski definition) is 2. The van der Waals surface area contributed by atoms with Gasteiger partial charge in [-0.25, -0.2) is 9.59 Å². The number of carboxylic acids is 2. The van der Waals surface area contributed by atoms with Crippen LogP contribution in [0, 0.1) is 13.8 Å². The molecular weight excluding hydrogens is 232 g/mol. The van der Waals surface area contributed by atoms with Gasteiger partial charge in [0, 0.05) is 0 Å². The Kier molecular flexibility index (Phi) is 2.79. The lowest BCUT2D eigenvalue weighted by Gasteiger charge is -2.07. The van der Waals surface area contributed by atoms with E-state index < -0.39 is 11.9 Å². The van der Waals surface area contributed by atoms with Gasteiger partial charge in [-0.15, -0.1) is 0 Å². The molecule has 0 spiro atoms. The van der Waals surface area contributed by atoms with E-state index in [2.05, 4.69) is 0 Å². The molecular formula is C14H12O4. The molecule has 4 nitrogen and oxygen atoms in total. The van der Waals surface area contributed by atoms with Crippen molar-refractivity contribution in [1.29, 1.82) is 0 Å². The van der Waals surface area contributed by atoms with E-state index in [-0.39, 0.29) is 11.1 Å². The second-order valence-electron chi connectivity index (χ2n) is 4.29. The van der Waals surface area contributed by atoms with Gasteiger partial charge < -0.3 is 10.2 Å². The topological polar surface area (TPSA) is 74.6 Å². The fourth-order valence-electron chi connectivity index (χ4n) is 1.93. The number of rotatable bonds is 2. The van der Waals surface area contributed by atoms with Crippen molar-refractivity contribution >= 4 is 22.7 Å². The monoisotopic (exact) mass is 244 g/mol. The number of aromatic carboxylic acids is 2. The second kappa shape index (κ2) is 4.14. The molecule has 0 heterocycles. The summed E-state index contributed by atoms with van der Waals surface area (Å²) in [6, 6.07) is 6.55. The van der Waals surface area contributed by atoms with Gasteiger partial charge >= 0.3 is 11.9 Å². The van der Waals surface area contributed by atoms with E-state index in [1.165, 1.54) is 12.1 Å². The Bertz CT molecular complexity index is 613. The lowest BCUT2D eigenvalue weighted by Crippen LogP contribution is -2.08. The summed E-state index contributed by atoms with van der Waals surface area (Å²) in [4.78, 5) is 22.1. The molecule has 0 atom stereocenters. The van der Waals surface area contributed by atoms with Crippen LogP contribution in [0.15, 0.2) is 24.3 Å². The molecule has 0 fully saturated rings. The zero-order valence-electron chi connectivity index (χ0n) is 10.0. The van der Waals surface area contributed by atoms with Gasteiger partial charge in [-0.3, -0.25) is 0 Å². The van der Waals surface area contributed by atoms with Crippen LogP contribution in [0.4, 0.5) is 0 Å². The number of benzene rings is 2. The van der Waals surface area contributed by atoms with E-state index in [1.54, 1.807) is 0 Å². The smallest absolute Gasteiger partial charge is 0.336 e. The molecule has 0 unspecified atom stereocenters. The van der Waals surface area contributed by atoms with Crippen molar-refractivity contribution < 1.29 is 19.8 Å². The highest BCUT2D eigenvalue weighted by Crippen LogP contribution is 2.24. The minimum absolute atomic E-state index is 0.182. The molecule has 2 N–H and O–H groups in total. The van der Waals surface area contributed by atoms with Crippen molar-refractivity contribution in [3.8, 4) is 0 Å². The van der Waals surface area contributed by atoms with Gasteiger partial charge in [0.05, 0.1) is 11.1 Å². The van der Waals surface area contributed by atoms with Gasteiger partial charge in [-0.2, -0.15) is 0 Å². The summed E-state index contributed by atoms with van der Waals surface area (Å²) >= 11 is 0. The van der Waals surface area contributed by atoms with Gasteiger partial charge in [0.1, 0.15) is 0 Å². The first-order valence-electron chi connectivity index (χ1n) is 5.41. The van der Waals surface area contributed by atoms with Gasteiger partial charge in [-0.05, 0) is 47.9 Å². The fourth-order valence-corrected chi connectivity index (χ4v) is 1.93. The molecule has 18 heavy (non-hydrogen) atoms. The lowest BCUT2D eigenvalue weighted by molar-refractivity contribution is 0.0652. The van der Waals surface area contributed by atoms with Crippen LogP contribution >= 0.6 is 0 Å². The Hall–Kier alpha value is -2.36. The third-order valence-electron chi connectivity index (χ3n) is 3.05. The van der Waals surface area contributed by atoms with Crippen molar-refractivity contribution in [3.05, 3.63) is 46.5 Å². The van der Waals surface area contributed by atoms with Crippen LogP contribution in [0.3, 0.4) is 0 Å². The minimum atomic E-state index is -1.23. The van der Waals surface area contributed by atoms with Crippen molar-refractivity contribution in [2.75, 3.05) is 0 Å². The predicted molar refractivity (Wildman–Crippen MR) is 67.3 cm³/mol. The summed E-state index contributed by atoms with van der Waals surface area (Å²) in [6.45, 7) is 3.86. The standard InChI is InChI=1S/C14H12O4/c1-7-3-9-5-11(13(15)16)12(14(17)18)6-10(9)4-8(7)2/h3-6H,1-2H3,(H,15,16)(H,17,18).